The van der Waals surface area contributed by atoms with Crippen molar-refractivity contribution in [2.75, 3.05) is 39.6 Å². The number of ether oxygens (including phenoxy) is 4. The predicted molar refractivity (Wildman–Crippen MR) is 381 cm³/mol. The molecule has 0 saturated carbocycles. The van der Waals surface area contributed by atoms with Crippen molar-refractivity contribution in [1.29, 1.82) is 0 Å². The first-order valence-corrected chi connectivity index (χ1v) is 41.6. The number of aliphatic hydroxyl groups excluding tert-OH is 1. The van der Waals surface area contributed by atoms with Crippen molar-refractivity contribution in [1.82, 2.24) is 0 Å². The minimum absolute atomic E-state index is 0.102. The van der Waals surface area contributed by atoms with E-state index in [1.165, 1.54) is 186 Å². The van der Waals surface area contributed by atoms with Gasteiger partial charge >= 0.3 is 39.5 Å². The smallest absolute Gasteiger partial charge is 0.462 e. The van der Waals surface area contributed by atoms with Crippen LogP contribution < -0.4 is 0 Å². The Labute approximate surface area is 573 Å². The maximum Gasteiger partial charge on any atom is 0.472 e. The highest BCUT2D eigenvalue weighted by atomic mass is 31.2. The molecule has 0 aliphatic carbocycles. The van der Waals surface area contributed by atoms with Gasteiger partial charge in [0.1, 0.15) is 19.3 Å². The van der Waals surface area contributed by atoms with Crippen LogP contribution in [0, 0.1) is 0 Å². The van der Waals surface area contributed by atoms with Gasteiger partial charge in [-0.2, -0.15) is 0 Å². The lowest BCUT2D eigenvalue weighted by atomic mass is 10.0. The second-order valence-electron chi connectivity index (χ2n) is 26.4. The third kappa shape index (κ3) is 68.1. The number of carbonyl (C=O) groups is 4. The summed E-state index contributed by atoms with van der Waals surface area (Å²) >= 11 is 0. The Kier molecular flexibility index (Phi) is 67.2. The molecule has 0 heterocycles. The van der Waals surface area contributed by atoms with Gasteiger partial charge in [-0.1, -0.05) is 322 Å². The van der Waals surface area contributed by atoms with E-state index in [1.54, 1.807) is 0 Å². The fraction of sp³-hybridized carbons (Fsp3) is 0.893. The zero-order chi connectivity index (χ0) is 69.0. The third-order valence-electron chi connectivity index (χ3n) is 17.0. The lowest BCUT2D eigenvalue weighted by molar-refractivity contribution is -0.161. The Morgan fingerprint density at radius 2 is 0.511 bits per heavy atom. The fourth-order valence-corrected chi connectivity index (χ4v) is 12.6. The summed E-state index contributed by atoms with van der Waals surface area (Å²) in [6.07, 6.45) is 61.7. The van der Waals surface area contributed by atoms with Gasteiger partial charge in [0, 0.05) is 25.7 Å². The molecular weight excluding hydrogens is 1230 g/mol. The predicted octanol–water partition coefficient (Wildman–Crippen LogP) is 21.8. The molecule has 0 aromatic carbocycles. The number of phosphoric acid groups is 2. The molecule has 19 heteroatoms. The largest absolute Gasteiger partial charge is 0.472 e. The summed E-state index contributed by atoms with van der Waals surface area (Å²) in [7, 11) is -9.92. The highest BCUT2D eigenvalue weighted by Gasteiger charge is 2.30. The topological polar surface area (TPSA) is 237 Å². The molecule has 0 radical (unpaired) electrons. The van der Waals surface area contributed by atoms with Gasteiger partial charge in [0.2, 0.25) is 0 Å². The van der Waals surface area contributed by atoms with Crippen molar-refractivity contribution in [3.63, 3.8) is 0 Å². The Bertz CT molecular complexity index is 1880. The van der Waals surface area contributed by atoms with Gasteiger partial charge in [-0.25, -0.2) is 9.13 Å². The molecule has 0 aliphatic rings. The van der Waals surface area contributed by atoms with Crippen LogP contribution in [0.5, 0.6) is 0 Å². The van der Waals surface area contributed by atoms with E-state index in [9.17, 15) is 43.2 Å². The van der Waals surface area contributed by atoms with Gasteiger partial charge in [-0.15, -0.1) is 0 Å². The van der Waals surface area contributed by atoms with Gasteiger partial charge in [-0.3, -0.25) is 37.3 Å². The van der Waals surface area contributed by atoms with Crippen LogP contribution in [0.15, 0.2) is 24.3 Å². The highest BCUT2D eigenvalue weighted by Crippen LogP contribution is 2.45. The van der Waals surface area contributed by atoms with Crippen molar-refractivity contribution in [2.24, 2.45) is 0 Å². The van der Waals surface area contributed by atoms with Gasteiger partial charge < -0.3 is 33.8 Å². The lowest BCUT2D eigenvalue weighted by Gasteiger charge is -2.21. The Morgan fingerprint density at radius 3 is 0.777 bits per heavy atom. The number of hydrogen-bond acceptors (Lipinski definition) is 15. The molecule has 0 aliphatic heterocycles. The summed E-state index contributed by atoms with van der Waals surface area (Å²) in [5, 5.41) is 10.6. The van der Waals surface area contributed by atoms with Crippen molar-refractivity contribution in [3.05, 3.63) is 24.3 Å². The summed E-state index contributed by atoms with van der Waals surface area (Å²) in [6.45, 7) is 4.90. The molecule has 2 unspecified atom stereocenters. The number of carbonyl (C=O) groups excluding carboxylic acids is 4. The van der Waals surface area contributed by atoms with Crippen LogP contribution in [0.2, 0.25) is 0 Å². The molecule has 0 spiro atoms. The SMILES string of the molecule is CCCCCC/C=C\C=C/CCCCCCCC(=O)OC[C@H](COP(=O)(O)OC[C@@H](O)COP(=O)(O)OC[C@@H](COC(=O)CCCCCCCCCCCC)OC(=O)CCCCCCCCCCCCC)OC(=O)CCCCCCCCCCCCCCCCCCCC. The van der Waals surface area contributed by atoms with E-state index < -0.39 is 97.5 Å². The van der Waals surface area contributed by atoms with E-state index in [0.29, 0.717) is 25.7 Å². The molecule has 0 amide bonds. The molecular formula is C75H142O17P2. The van der Waals surface area contributed by atoms with Gasteiger partial charge in [-0.05, 0) is 51.4 Å². The normalized spacial score (nSPS) is 14.1. The van der Waals surface area contributed by atoms with Crippen molar-refractivity contribution in [2.45, 2.75) is 393 Å². The van der Waals surface area contributed by atoms with Crippen LogP contribution in [0.3, 0.4) is 0 Å². The van der Waals surface area contributed by atoms with E-state index in [1.807, 2.05) is 0 Å². The first-order chi connectivity index (χ1) is 45.7. The van der Waals surface area contributed by atoms with Crippen LogP contribution in [0.1, 0.15) is 374 Å². The molecule has 0 rings (SSSR count). The number of allylic oxidation sites excluding steroid dienone is 4. The summed E-state index contributed by atoms with van der Waals surface area (Å²) < 4.78 is 68.4. The fourth-order valence-electron chi connectivity index (χ4n) is 11.0. The van der Waals surface area contributed by atoms with E-state index in [4.69, 9.17) is 37.0 Å². The molecule has 17 nitrogen and oxygen atoms in total. The molecule has 0 aromatic rings. The molecule has 3 N–H and O–H groups in total. The minimum Gasteiger partial charge on any atom is -0.462 e. The van der Waals surface area contributed by atoms with Crippen LogP contribution in [0.4, 0.5) is 0 Å². The lowest BCUT2D eigenvalue weighted by Crippen LogP contribution is -2.30. The maximum atomic E-state index is 13.1. The molecule has 0 bridgehead atoms. The van der Waals surface area contributed by atoms with E-state index in [0.717, 1.165) is 109 Å². The monoisotopic (exact) mass is 1380 g/mol. The molecule has 0 aromatic heterocycles. The summed E-state index contributed by atoms with van der Waals surface area (Å²) in [5.74, 6) is -2.14. The van der Waals surface area contributed by atoms with Gasteiger partial charge in [0.25, 0.3) is 0 Å². The Hall–Kier alpha value is -2.46. The first kappa shape index (κ1) is 91.5. The molecule has 0 fully saturated rings. The zero-order valence-electron chi connectivity index (χ0n) is 60.4. The minimum atomic E-state index is -4.96. The summed E-state index contributed by atoms with van der Waals surface area (Å²) in [6, 6.07) is 0. The molecule has 94 heavy (non-hydrogen) atoms. The number of phosphoric ester groups is 2. The molecule has 5 atom stereocenters. The zero-order valence-corrected chi connectivity index (χ0v) is 62.2. The van der Waals surface area contributed by atoms with Gasteiger partial charge in [0.15, 0.2) is 12.2 Å². The summed E-state index contributed by atoms with van der Waals surface area (Å²) in [4.78, 5) is 72.7. The first-order valence-electron chi connectivity index (χ1n) is 38.6. The van der Waals surface area contributed by atoms with E-state index in [-0.39, 0.29) is 25.7 Å². The average molecular weight is 1380 g/mol. The number of aliphatic hydroxyl groups is 1. The van der Waals surface area contributed by atoms with Crippen molar-refractivity contribution >= 4 is 39.5 Å². The second kappa shape index (κ2) is 69.0. The third-order valence-corrected chi connectivity index (χ3v) is 18.9. The van der Waals surface area contributed by atoms with Crippen LogP contribution in [0.25, 0.3) is 0 Å². The standard InChI is InChI=1S/C75H142O17P2/c1-5-9-13-17-21-25-29-31-33-34-35-37-39-42-46-50-54-58-62-75(80)92-71(66-86-73(78)60-56-52-48-44-41-38-36-32-30-26-22-18-14-10-6-2)68-90-94(83,84)88-64-69(76)63-87-93(81,82)89-67-70(65-85-72(77)59-55-51-47-43-28-24-20-16-12-8-4)91-74(79)61-57-53-49-45-40-27-23-19-15-11-7-3/h26,30,32,36,69-71,76H,5-25,27-29,31,33-35,37-68H2,1-4H3,(H,81,82)(H,83,84)/b30-26-,36-32-/t69-,70+,71+/m0/s1. The quantitative estimate of drug-likeness (QED) is 0.0169. The second-order valence-corrected chi connectivity index (χ2v) is 29.3. The highest BCUT2D eigenvalue weighted by molar-refractivity contribution is 7.47. The van der Waals surface area contributed by atoms with Crippen LogP contribution >= 0.6 is 15.6 Å². The van der Waals surface area contributed by atoms with E-state index in [2.05, 4.69) is 52.0 Å². The van der Waals surface area contributed by atoms with Crippen LogP contribution in [-0.2, 0) is 65.4 Å². The number of esters is 4. The summed E-state index contributed by atoms with van der Waals surface area (Å²) in [5.41, 5.74) is 0. The number of rotatable bonds is 74. The molecule has 554 valence electrons. The Balaban J connectivity index is 5.26. The van der Waals surface area contributed by atoms with Crippen LogP contribution in [-0.4, -0.2) is 96.7 Å². The van der Waals surface area contributed by atoms with Crippen molar-refractivity contribution < 1.29 is 80.2 Å². The molecule has 0 saturated heterocycles. The van der Waals surface area contributed by atoms with E-state index >= 15 is 0 Å². The average Bonchev–Trinajstić information content (AvgIpc) is 1.75. The number of unbranched alkanes of at least 4 members (excludes halogenated alkanes) is 45. The Morgan fingerprint density at radius 1 is 0.298 bits per heavy atom. The van der Waals surface area contributed by atoms with Gasteiger partial charge in [0.05, 0.1) is 26.4 Å². The maximum absolute atomic E-state index is 13.1. The number of hydrogen-bond donors (Lipinski definition) is 3. The van der Waals surface area contributed by atoms with Crippen molar-refractivity contribution in [3.8, 4) is 0 Å².